The van der Waals surface area contributed by atoms with Gasteiger partial charge in [0.25, 0.3) is 0 Å². The van der Waals surface area contributed by atoms with E-state index in [0.717, 1.165) is 17.9 Å². The summed E-state index contributed by atoms with van der Waals surface area (Å²) in [6.45, 7) is 8.57. The minimum absolute atomic E-state index is 0.0984. The van der Waals surface area contributed by atoms with Crippen molar-refractivity contribution in [1.29, 1.82) is 0 Å². The van der Waals surface area contributed by atoms with Crippen molar-refractivity contribution in [3.05, 3.63) is 66.4 Å². The molecule has 0 spiro atoms. The monoisotopic (exact) mass is 341 g/mol. The fraction of sp³-hybridized carbons (Fsp3) is 0.364. The highest BCUT2D eigenvalue weighted by Gasteiger charge is 2.23. The maximum absolute atomic E-state index is 5.16. The van der Waals surface area contributed by atoms with Crippen molar-refractivity contribution in [2.75, 3.05) is 19.5 Å². The van der Waals surface area contributed by atoms with Gasteiger partial charge in [-0.15, -0.1) is 0 Å². The highest BCUT2D eigenvalue weighted by Crippen LogP contribution is 2.31. The molecule has 3 N–H and O–H groups in total. The van der Waals surface area contributed by atoms with E-state index in [2.05, 4.69) is 61.9 Å². The van der Waals surface area contributed by atoms with E-state index < -0.39 is 0 Å². The minimum atomic E-state index is 0.0984. The van der Waals surface area contributed by atoms with E-state index in [1.165, 1.54) is 11.3 Å². The number of anilines is 1. The molecule has 3 nitrogen and oxygen atoms in total. The third-order valence-corrected chi connectivity index (χ3v) is 4.09. The van der Waals surface area contributed by atoms with E-state index in [1.807, 2.05) is 44.3 Å². The van der Waals surface area contributed by atoms with Gasteiger partial charge < -0.3 is 15.4 Å². The van der Waals surface area contributed by atoms with Crippen molar-refractivity contribution in [3.8, 4) is 5.75 Å². The van der Waals surface area contributed by atoms with E-state index in [0.29, 0.717) is 0 Å². The Morgan fingerprint density at radius 1 is 1.04 bits per heavy atom. The lowest BCUT2D eigenvalue weighted by Crippen LogP contribution is -2.73. The number of methoxy groups -OCH3 is 1. The number of allylic oxidation sites excluding steroid dienone is 1. The predicted molar refractivity (Wildman–Crippen MR) is 109 cm³/mol. The molecule has 0 aromatic heterocycles. The van der Waals surface area contributed by atoms with E-state index in [9.17, 15) is 0 Å². The Kier molecular flexibility index (Phi) is 8.79. The summed E-state index contributed by atoms with van der Waals surface area (Å²) < 4.78 is 5.16. The second-order valence-corrected chi connectivity index (χ2v) is 6.24. The molecule has 0 unspecified atom stereocenters. The lowest BCUT2D eigenvalue weighted by molar-refractivity contribution is -0.540. The summed E-state index contributed by atoms with van der Waals surface area (Å²) in [5, 5.41) is 5.48. The molecule has 2 rings (SSSR count). The third-order valence-electron chi connectivity index (χ3n) is 4.09. The highest BCUT2D eigenvalue weighted by atomic mass is 16.5. The Morgan fingerprint density at radius 3 is 2.28 bits per heavy atom. The molecule has 0 saturated heterocycles. The van der Waals surface area contributed by atoms with Crippen molar-refractivity contribution in [2.24, 2.45) is 0 Å². The summed E-state index contributed by atoms with van der Waals surface area (Å²) >= 11 is 0. The van der Waals surface area contributed by atoms with Gasteiger partial charge in [-0.3, -0.25) is 0 Å². The van der Waals surface area contributed by atoms with Gasteiger partial charge in [0.1, 0.15) is 11.4 Å². The zero-order valence-electron chi connectivity index (χ0n) is 16.5. The fourth-order valence-electron chi connectivity index (χ4n) is 2.67. The van der Waals surface area contributed by atoms with Gasteiger partial charge in [0.05, 0.1) is 14.2 Å². The molecule has 136 valence electrons. The van der Waals surface area contributed by atoms with E-state index >= 15 is 0 Å². The fourth-order valence-corrected chi connectivity index (χ4v) is 2.67. The Balaban J connectivity index is 0.00000151. The molecule has 0 amide bonds. The van der Waals surface area contributed by atoms with Gasteiger partial charge in [-0.25, -0.2) is 0 Å². The average molecular weight is 342 g/mol. The Hall–Kier alpha value is -2.26. The number of benzene rings is 2. The normalized spacial score (nSPS) is 11.0. The number of ether oxygens (including phenoxy) is 1. The Morgan fingerprint density at radius 2 is 1.68 bits per heavy atom. The first-order valence-electron chi connectivity index (χ1n) is 9.01. The Bertz CT molecular complexity index is 645. The van der Waals surface area contributed by atoms with Crippen molar-refractivity contribution >= 4 is 11.4 Å². The summed E-state index contributed by atoms with van der Waals surface area (Å²) in [5.74, 6) is 0.869. The number of nitrogens with one attached hydrogen (secondary N) is 1. The van der Waals surface area contributed by atoms with Crippen LogP contribution in [0.25, 0.3) is 0 Å². The number of hydrogen-bond acceptors (Lipinski definition) is 2. The maximum atomic E-state index is 5.16. The minimum Gasteiger partial charge on any atom is -0.497 e. The first-order chi connectivity index (χ1) is 12.1. The Labute approximate surface area is 153 Å². The zero-order valence-corrected chi connectivity index (χ0v) is 16.5. The van der Waals surface area contributed by atoms with Crippen LogP contribution in [0.5, 0.6) is 5.75 Å². The van der Waals surface area contributed by atoms with E-state index in [1.54, 1.807) is 7.11 Å². The van der Waals surface area contributed by atoms with Gasteiger partial charge in [-0.2, -0.15) is 0 Å². The van der Waals surface area contributed by atoms with Gasteiger partial charge in [0.15, 0.2) is 0 Å². The van der Waals surface area contributed by atoms with Crippen LogP contribution in [0.4, 0.5) is 11.4 Å². The largest absolute Gasteiger partial charge is 0.497 e. The molecule has 0 heterocycles. The molecule has 0 aliphatic rings. The number of quaternary nitrogens is 1. The van der Waals surface area contributed by atoms with Gasteiger partial charge in [0.2, 0.25) is 0 Å². The summed E-state index contributed by atoms with van der Waals surface area (Å²) in [6, 6.07) is 16.5. The second kappa shape index (κ2) is 10.6. The maximum Gasteiger partial charge on any atom is 0.133 e. The molecule has 0 aliphatic carbocycles. The lowest BCUT2D eigenvalue weighted by atomic mass is 9.80. The molecule has 0 bridgehead atoms. The molecule has 0 aliphatic heterocycles. The zero-order chi connectivity index (χ0) is 18.7. The van der Waals surface area contributed by atoms with Crippen LogP contribution in [0.15, 0.2) is 60.8 Å². The first kappa shape index (κ1) is 20.8. The van der Waals surface area contributed by atoms with Crippen molar-refractivity contribution in [3.63, 3.8) is 0 Å². The van der Waals surface area contributed by atoms with E-state index in [-0.39, 0.29) is 5.41 Å². The average Bonchev–Trinajstić information content (AvgIpc) is 2.67. The van der Waals surface area contributed by atoms with Crippen LogP contribution in [-0.4, -0.2) is 14.2 Å². The highest BCUT2D eigenvalue weighted by molar-refractivity contribution is 5.48. The van der Waals surface area contributed by atoms with Crippen LogP contribution in [0.2, 0.25) is 0 Å². The summed E-state index contributed by atoms with van der Waals surface area (Å²) in [4.78, 5) is 0. The predicted octanol–water partition coefficient (Wildman–Crippen LogP) is 4.84. The SMILES string of the molecule is CC.C[NH2+]c1ccccc1C(C)(C)C/C=C/Nc1ccc(OC)cc1. The number of hydrogen-bond donors (Lipinski definition) is 2. The van der Waals surface area contributed by atoms with Crippen molar-refractivity contribution in [1.82, 2.24) is 0 Å². The topological polar surface area (TPSA) is 37.9 Å². The molecule has 0 radical (unpaired) electrons. The van der Waals surface area contributed by atoms with Crippen molar-refractivity contribution < 1.29 is 10.1 Å². The van der Waals surface area contributed by atoms with Crippen molar-refractivity contribution in [2.45, 2.75) is 39.5 Å². The smallest absolute Gasteiger partial charge is 0.133 e. The number of rotatable bonds is 7. The summed E-state index contributed by atoms with van der Waals surface area (Å²) in [7, 11) is 3.77. The van der Waals surface area contributed by atoms with Gasteiger partial charge >= 0.3 is 0 Å². The van der Waals surface area contributed by atoms with Gasteiger partial charge in [0, 0.05) is 11.3 Å². The molecular formula is C22H33N2O+. The van der Waals surface area contributed by atoms with Crippen LogP contribution in [0, 0.1) is 0 Å². The molecule has 0 fully saturated rings. The molecule has 3 heteroatoms. The molecule has 25 heavy (non-hydrogen) atoms. The number of nitrogens with two attached hydrogens (primary N) is 1. The standard InChI is InChI=1S/C20H26N2O.C2H6/c1-20(2,18-8-5-6-9-19(18)21-3)14-7-15-22-16-10-12-17(23-4)13-11-16;1-2/h5-13,15,21-22H,14H2,1-4H3;1-2H3/p+1/b15-7+;. The lowest BCUT2D eigenvalue weighted by Gasteiger charge is -2.24. The van der Waals surface area contributed by atoms with Crippen LogP contribution >= 0.6 is 0 Å². The van der Waals surface area contributed by atoms with Crippen LogP contribution in [0.1, 0.15) is 39.7 Å². The van der Waals surface area contributed by atoms with Crippen LogP contribution in [0.3, 0.4) is 0 Å². The van der Waals surface area contributed by atoms with Crippen LogP contribution < -0.4 is 15.4 Å². The number of para-hydroxylation sites is 1. The summed E-state index contributed by atoms with van der Waals surface area (Å²) in [6.07, 6.45) is 5.18. The van der Waals surface area contributed by atoms with Gasteiger partial charge in [-0.1, -0.05) is 52.0 Å². The molecular weight excluding hydrogens is 308 g/mol. The van der Waals surface area contributed by atoms with Crippen LogP contribution in [-0.2, 0) is 5.41 Å². The quantitative estimate of drug-likeness (QED) is 0.707. The molecule has 0 saturated carbocycles. The van der Waals surface area contributed by atoms with E-state index in [4.69, 9.17) is 4.74 Å². The third kappa shape index (κ3) is 6.28. The second-order valence-electron chi connectivity index (χ2n) is 6.24. The van der Waals surface area contributed by atoms with Gasteiger partial charge in [-0.05, 0) is 48.4 Å². The summed E-state index contributed by atoms with van der Waals surface area (Å²) in [5.41, 5.74) is 3.86. The first-order valence-corrected chi connectivity index (χ1v) is 9.01. The molecule has 2 aromatic rings. The molecule has 0 atom stereocenters. The molecule has 2 aromatic carbocycles.